The van der Waals surface area contributed by atoms with E-state index in [1.165, 1.54) is 0 Å². The number of rotatable bonds is 3. The lowest BCUT2D eigenvalue weighted by Crippen LogP contribution is -2.35. The molecule has 1 unspecified atom stereocenters. The number of carbonyl (C=O) groups excluding carboxylic acids is 1. The second-order valence-corrected chi connectivity index (χ2v) is 5.46. The molecule has 1 aromatic carbocycles. The summed E-state index contributed by atoms with van der Waals surface area (Å²) in [6.45, 7) is 3.64. The minimum absolute atomic E-state index is 0. The molecule has 0 saturated carbocycles. The molecule has 1 aliphatic rings. The van der Waals surface area contributed by atoms with E-state index in [0.717, 1.165) is 30.9 Å². The highest BCUT2D eigenvalue weighted by molar-refractivity contribution is 5.95. The van der Waals surface area contributed by atoms with Crippen molar-refractivity contribution in [1.29, 1.82) is 0 Å². The number of aromatic nitrogens is 2. The maximum atomic E-state index is 12.4. The Kier molecular flexibility index (Phi) is 6.41. The van der Waals surface area contributed by atoms with Gasteiger partial charge in [0.15, 0.2) is 0 Å². The van der Waals surface area contributed by atoms with Gasteiger partial charge in [-0.2, -0.15) is 0 Å². The quantitative estimate of drug-likeness (QED) is 0.901. The van der Waals surface area contributed by atoms with Gasteiger partial charge in [-0.25, -0.2) is 4.98 Å². The van der Waals surface area contributed by atoms with Crippen LogP contribution in [0.25, 0.3) is 5.69 Å². The lowest BCUT2D eigenvalue weighted by molar-refractivity contribution is -0.123. The average Bonchev–Trinajstić information content (AvgIpc) is 3.11. The van der Waals surface area contributed by atoms with Gasteiger partial charge < -0.3 is 15.2 Å². The summed E-state index contributed by atoms with van der Waals surface area (Å²) in [6.07, 6.45) is 6.23. The number of imidazole rings is 1. The average molecular weight is 343 g/mol. The Morgan fingerprint density at radius 3 is 2.86 bits per heavy atom. The molecule has 3 rings (SSSR count). The third kappa shape index (κ3) is 3.80. The van der Waals surface area contributed by atoms with Crippen molar-refractivity contribution in [3.05, 3.63) is 43.0 Å². The molecule has 22 heavy (non-hydrogen) atoms. The van der Waals surface area contributed by atoms with E-state index in [2.05, 4.69) is 15.6 Å². The van der Waals surface area contributed by atoms with Crippen LogP contribution in [-0.2, 0) is 4.79 Å². The predicted octanol–water partition coefficient (Wildman–Crippen LogP) is 2.65. The largest absolute Gasteiger partial charge is 0.326 e. The van der Waals surface area contributed by atoms with Crippen molar-refractivity contribution in [2.75, 3.05) is 18.4 Å². The molecule has 7 heteroatoms. The normalized spacial score (nSPS) is 19.9. The number of benzene rings is 1. The van der Waals surface area contributed by atoms with E-state index in [1.807, 2.05) is 42.0 Å². The van der Waals surface area contributed by atoms with Crippen LogP contribution in [0.3, 0.4) is 0 Å². The van der Waals surface area contributed by atoms with E-state index in [0.29, 0.717) is 0 Å². The molecule has 2 N–H and O–H groups in total. The zero-order valence-corrected chi connectivity index (χ0v) is 13.9. The highest BCUT2D eigenvalue weighted by Crippen LogP contribution is 2.26. The van der Waals surface area contributed by atoms with E-state index in [4.69, 9.17) is 0 Å². The smallest absolute Gasteiger partial charge is 0.231 e. The SMILES string of the molecule is CC1(C(=O)Nc2cccc(-n3ccnc3)c2)CCNC1.Cl.Cl. The summed E-state index contributed by atoms with van der Waals surface area (Å²) in [4.78, 5) is 16.4. The van der Waals surface area contributed by atoms with Gasteiger partial charge in [0.1, 0.15) is 0 Å². The van der Waals surface area contributed by atoms with Crippen molar-refractivity contribution in [3.8, 4) is 5.69 Å². The fourth-order valence-electron chi connectivity index (χ4n) is 2.45. The van der Waals surface area contributed by atoms with Crippen molar-refractivity contribution in [2.45, 2.75) is 13.3 Å². The fourth-order valence-corrected chi connectivity index (χ4v) is 2.45. The number of nitrogens with one attached hydrogen (secondary N) is 2. The van der Waals surface area contributed by atoms with Crippen LogP contribution in [0.2, 0.25) is 0 Å². The number of anilines is 1. The number of carbonyl (C=O) groups is 1. The van der Waals surface area contributed by atoms with Crippen molar-refractivity contribution in [3.63, 3.8) is 0 Å². The second-order valence-electron chi connectivity index (χ2n) is 5.46. The van der Waals surface area contributed by atoms with Crippen LogP contribution in [0.15, 0.2) is 43.0 Å². The standard InChI is InChI=1S/C15H18N4O.2ClH/c1-15(5-6-16-10-15)14(20)18-12-3-2-4-13(9-12)19-8-7-17-11-19;;/h2-4,7-9,11,16H,5-6,10H2,1H3,(H,18,20);2*1H. The molecule has 1 saturated heterocycles. The molecule has 0 radical (unpaired) electrons. The number of halogens is 2. The Balaban J connectivity index is 0.00000121. The van der Waals surface area contributed by atoms with Gasteiger partial charge >= 0.3 is 0 Å². The Morgan fingerprint density at radius 1 is 1.41 bits per heavy atom. The van der Waals surface area contributed by atoms with Gasteiger partial charge in [0, 0.05) is 30.3 Å². The van der Waals surface area contributed by atoms with Crippen LogP contribution in [0.4, 0.5) is 5.69 Å². The van der Waals surface area contributed by atoms with Crippen molar-refractivity contribution in [1.82, 2.24) is 14.9 Å². The van der Waals surface area contributed by atoms with Gasteiger partial charge in [-0.3, -0.25) is 4.79 Å². The first kappa shape index (κ1) is 18.5. The summed E-state index contributed by atoms with van der Waals surface area (Å²) >= 11 is 0. The number of hydrogen-bond acceptors (Lipinski definition) is 3. The second kappa shape index (κ2) is 7.63. The minimum Gasteiger partial charge on any atom is -0.326 e. The summed E-state index contributed by atoms with van der Waals surface area (Å²) in [6, 6.07) is 7.77. The zero-order valence-electron chi connectivity index (χ0n) is 12.3. The van der Waals surface area contributed by atoms with E-state index in [1.54, 1.807) is 12.5 Å². The third-order valence-electron chi connectivity index (χ3n) is 3.82. The molecule has 0 spiro atoms. The molecule has 0 aliphatic carbocycles. The van der Waals surface area contributed by atoms with Crippen LogP contribution in [0, 0.1) is 5.41 Å². The number of amides is 1. The highest BCUT2D eigenvalue weighted by Gasteiger charge is 2.36. The minimum atomic E-state index is -0.314. The molecule has 0 bridgehead atoms. The van der Waals surface area contributed by atoms with Gasteiger partial charge in [0.05, 0.1) is 11.7 Å². The molecule has 2 aromatic rings. The molecule has 1 atom stereocenters. The monoisotopic (exact) mass is 342 g/mol. The molecular weight excluding hydrogens is 323 g/mol. The van der Waals surface area contributed by atoms with Crippen molar-refractivity contribution < 1.29 is 4.79 Å². The zero-order chi connectivity index (χ0) is 14.0. The lowest BCUT2D eigenvalue weighted by Gasteiger charge is -2.21. The highest BCUT2D eigenvalue weighted by atomic mass is 35.5. The molecule has 120 valence electrons. The van der Waals surface area contributed by atoms with E-state index in [-0.39, 0.29) is 36.1 Å². The lowest BCUT2D eigenvalue weighted by atomic mass is 9.89. The van der Waals surface area contributed by atoms with Gasteiger partial charge in [-0.15, -0.1) is 24.8 Å². The van der Waals surface area contributed by atoms with E-state index < -0.39 is 0 Å². The number of nitrogens with zero attached hydrogens (tertiary/aromatic N) is 2. The Morgan fingerprint density at radius 2 is 2.23 bits per heavy atom. The van der Waals surface area contributed by atoms with Crippen LogP contribution >= 0.6 is 24.8 Å². The van der Waals surface area contributed by atoms with Crippen LogP contribution in [0.5, 0.6) is 0 Å². The molecule has 1 aromatic heterocycles. The Hall–Kier alpha value is -1.56. The Bertz CT molecular complexity index is 610. The molecule has 1 aliphatic heterocycles. The summed E-state index contributed by atoms with van der Waals surface area (Å²) < 4.78 is 1.91. The summed E-state index contributed by atoms with van der Waals surface area (Å²) in [5.74, 6) is 0.0743. The topological polar surface area (TPSA) is 59.0 Å². The molecule has 1 amide bonds. The number of hydrogen-bond donors (Lipinski definition) is 2. The summed E-state index contributed by atoms with van der Waals surface area (Å²) in [7, 11) is 0. The molecule has 1 fully saturated rings. The first-order chi connectivity index (χ1) is 9.67. The van der Waals surface area contributed by atoms with E-state index in [9.17, 15) is 4.79 Å². The maximum absolute atomic E-state index is 12.4. The maximum Gasteiger partial charge on any atom is 0.231 e. The third-order valence-corrected chi connectivity index (χ3v) is 3.82. The summed E-state index contributed by atoms with van der Waals surface area (Å²) in [5, 5.41) is 6.25. The molecular formula is C15H20Cl2N4O. The van der Waals surface area contributed by atoms with Gasteiger partial charge in [0.25, 0.3) is 0 Å². The van der Waals surface area contributed by atoms with Crippen LogP contribution in [-0.4, -0.2) is 28.5 Å². The van der Waals surface area contributed by atoms with Crippen molar-refractivity contribution in [2.24, 2.45) is 5.41 Å². The first-order valence-electron chi connectivity index (χ1n) is 6.78. The van der Waals surface area contributed by atoms with Gasteiger partial charge in [-0.05, 0) is 38.1 Å². The summed E-state index contributed by atoms with van der Waals surface area (Å²) in [5.41, 5.74) is 1.48. The van der Waals surface area contributed by atoms with Crippen LogP contribution < -0.4 is 10.6 Å². The molecule has 5 nitrogen and oxygen atoms in total. The van der Waals surface area contributed by atoms with E-state index >= 15 is 0 Å². The molecule has 2 heterocycles. The van der Waals surface area contributed by atoms with Crippen molar-refractivity contribution >= 4 is 36.4 Å². The predicted molar refractivity (Wildman–Crippen MR) is 92.3 cm³/mol. The first-order valence-corrected chi connectivity index (χ1v) is 6.78. The van der Waals surface area contributed by atoms with Gasteiger partial charge in [-0.1, -0.05) is 6.07 Å². The fraction of sp³-hybridized carbons (Fsp3) is 0.333. The van der Waals surface area contributed by atoms with Gasteiger partial charge in [0.2, 0.25) is 5.91 Å². The van der Waals surface area contributed by atoms with Crippen LogP contribution in [0.1, 0.15) is 13.3 Å². The Labute approximate surface area is 142 Å².